The van der Waals surface area contributed by atoms with Gasteiger partial charge >= 0.3 is 0 Å². The SMILES string of the molecule is CC(C)n1nccc1-c1n[nH]c(=S)n1N. The van der Waals surface area contributed by atoms with E-state index in [0.29, 0.717) is 10.6 Å². The van der Waals surface area contributed by atoms with Crippen LogP contribution in [-0.4, -0.2) is 24.7 Å². The molecule has 6 nitrogen and oxygen atoms in total. The van der Waals surface area contributed by atoms with Crippen molar-refractivity contribution in [3.8, 4) is 11.5 Å². The number of nitrogens with zero attached hydrogens (tertiary/aromatic N) is 4. The predicted molar refractivity (Wildman–Crippen MR) is 59.2 cm³/mol. The Morgan fingerprint density at radius 3 is 2.80 bits per heavy atom. The molecule has 2 aromatic rings. The average molecular weight is 224 g/mol. The van der Waals surface area contributed by atoms with Gasteiger partial charge in [-0.05, 0) is 32.1 Å². The first kappa shape index (κ1) is 9.91. The summed E-state index contributed by atoms with van der Waals surface area (Å²) in [5.74, 6) is 6.33. The molecule has 0 amide bonds. The Bertz CT molecular complexity index is 519. The Kier molecular flexibility index (Phi) is 2.31. The molecule has 15 heavy (non-hydrogen) atoms. The molecular weight excluding hydrogens is 212 g/mol. The van der Waals surface area contributed by atoms with Gasteiger partial charge in [0.05, 0.1) is 0 Å². The van der Waals surface area contributed by atoms with Gasteiger partial charge in [0, 0.05) is 12.2 Å². The third-order valence-electron chi connectivity index (χ3n) is 2.09. The van der Waals surface area contributed by atoms with Crippen LogP contribution in [0.25, 0.3) is 11.5 Å². The summed E-state index contributed by atoms with van der Waals surface area (Å²) in [5, 5.41) is 10.9. The number of aromatic nitrogens is 5. The molecule has 0 atom stereocenters. The van der Waals surface area contributed by atoms with Gasteiger partial charge in [-0.25, -0.2) is 9.77 Å². The molecule has 7 heteroatoms. The zero-order valence-corrected chi connectivity index (χ0v) is 9.32. The van der Waals surface area contributed by atoms with Crippen LogP contribution in [0.2, 0.25) is 0 Å². The lowest BCUT2D eigenvalue weighted by atomic mass is 10.3. The van der Waals surface area contributed by atoms with E-state index in [-0.39, 0.29) is 6.04 Å². The molecule has 0 fully saturated rings. The number of hydrogen-bond acceptors (Lipinski definition) is 4. The second kappa shape index (κ2) is 3.50. The van der Waals surface area contributed by atoms with Gasteiger partial charge in [0.1, 0.15) is 5.69 Å². The smallest absolute Gasteiger partial charge is 0.214 e. The summed E-state index contributed by atoms with van der Waals surface area (Å²) >= 11 is 4.95. The van der Waals surface area contributed by atoms with Crippen LogP contribution in [0.1, 0.15) is 19.9 Å². The molecule has 3 N–H and O–H groups in total. The van der Waals surface area contributed by atoms with E-state index in [1.165, 1.54) is 4.68 Å². The van der Waals surface area contributed by atoms with E-state index in [9.17, 15) is 0 Å². The highest BCUT2D eigenvalue weighted by molar-refractivity contribution is 7.71. The first-order valence-corrected chi connectivity index (χ1v) is 4.98. The standard InChI is InChI=1S/C8H12N6S/c1-5(2)14-6(3-4-10-14)7-11-12-8(15)13(7)9/h3-5H,9H2,1-2H3,(H,12,15). The molecule has 0 aliphatic heterocycles. The molecule has 2 aromatic heterocycles. The molecule has 80 valence electrons. The largest absolute Gasteiger partial charge is 0.335 e. The van der Waals surface area contributed by atoms with Gasteiger partial charge in [0.15, 0.2) is 5.82 Å². The molecule has 0 saturated heterocycles. The molecule has 0 saturated carbocycles. The van der Waals surface area contributed by atoms with E-state index in [2.05, 4.69) is 15.3 Å². The number of aromatic amines is 1. The van der Waals surface area contributed by atoms with Crippen LogP contribution >= 0.6 is 12.2 Å². The van der Waals surface area contributed by atoms with Crippen LogP contribution < -0.4 is 5.84 Å². The van der Waals surface area contributed by atoms with Crippen LogP contribution in [0.4, 0.5) is 0 Å². The summed E-state index contributed by atoms with van der Waals surface area (Å²) in [4.78, 5) is 0. The number of hydrogen-bond donors (Lipinski definition) is 2. The average Bonchev–Trinajstić information content (AvgIpc) is 2.75. The minimum atomic E-state index is 0.250. The van der Waals surface area contributed by atoms with Crippen LogP contribution in [-0.2, 0) is 0 Å². The van der Waals surface area contributed by atoms with E-state index in [1.54, 1.807) is 6.20 Å². The molecule has 0 radical (unpaired) electrons. The van der Waals surface area contributed by atoms with E-state index in [0.717, 1.165) is 5.69 Å². The topological polar surface area (TPSA) is 77.5 Å². The fourth-order valence-corrected chi connectivity index (χ4v) is 1.52. The van der Waals surface area contributed by atoms with Crippen LogP contribution in [0, 0.1) is 4.77 Å². The molecule has 0 aliphatic carbocycles. The van der Waals surface area contributed by atoms with Crippen molar-refractivity contribution in [2.45, 2.75) is 19.9 Å². The van der Waals surface area contributed by atoms with Gasteiger partial charge in [-0.1, -0.05) is 0 Å². The van der Waals surface area contributed by atoms with Crippen molar-refractivity contribution < 1.29 is 0 Å². The Balaban J connectivity index is 2.59. The summed E-state index contributed by atoms with van der Waals surface area (Å²) < 4.78 is 3.57. The van der Waals surface area contributed by atoms with Gasteiger partial charge in [0.25, 0.3) is 0 Å². The summed E-state index contributed by atoms with van der Waals surface area (Å²) in [6.45, 7) is 4.08. The number of rotatable bonds is 2. The molecular formula is C8H12N6S. The van der Waals surface area contributed by atoms with Crippen molar-refractivity contribution in [3.05, 3.63) is 17.0 Å². The molecule has 2 heterocycles. The maximum atomic E-state index is 5.74. The normalized spacial score (nSPS) is 11.1. The lowest BCUT2D eigenvalue weighted by molar-refractivity contribution is 0.536. The zero-order chi connectivity index (χ0) is 11.0. The number of nitrogens with two attached hydrogens (primary N) is 1. The Morgan fingerprint density at radius 2 is 2.27 bits per heavy atom. The minimum absolute atomic E-state index is 0.250. The third-order valence-corrected chi connectivity index (χ3v) is 2.38. The zero-order valence-electron chi connectivity index (χ0n) is 8.51. The second-order valence-corrected chi connectivity index (χ2v) is 3.86. The lowest BCUT2D eigenvalue weighted by Gasteiger charge is -2.09. The Morgan fingerprint density at radius 1 is 1.53 bits per heavy atom. The first-order valence-electron chi connectivity index (χ1n) is 4.57. The maximum absolute atomic E-state index is 5.74. The highest BCUT2D eigenvalue weighted by atomic mass is 32.1. The summed E-state index contributed by atoms with van der Waals surface area (Å²) in [7, 11) is 0. The monoisotopic (exact) mass is 224 g/mol. The highest BCUT2D eigenvalue weighted by Gasteiger charge is 2.13. The predicted octanol–water partition coefficient (Wildman–Crippen LogP) is 1.10. The van der Waals surface area contributed by atoms with Crippen molar-refractivity contribution in [2.24, 2.45) is 0 Å². The quantitative estimate of drug-likeness (QED) is 0.591. The van der Waals surface area contributed by atoms with Crippen molar-refractivity contribution in [2.75, 3.05) is 5.84 Å². The molecule has 0 bridgehead atoms. The van der Waals surface area contributed by atoms with Crippen LogP contribution in [0.3, 0.4) is 0 Å². The summed E-state index contributed by atoms with van der Waals surface area (Å²) in [6.07, 6.45) is 1.72. The van der Waals surface area contributed by atoms with Gasteiger partial charge < -0.3 is 5.84 Å². The molecule has 2 rings (SSSR count). The van der Waals surface area contributed by atoms with Gasteiger partial charge in [-0.2, -0.15) is 10.2 Å². The third kappa shape index (κ3) is 1.54. The Hall–Kier alpha value is -1.63. The van der Waals surface area contributed by atoms with Gasteiger partial charge in [0.2, 0.25) is 4.77 Å². The number of nitrogens with one attached hydrogen (secondary N) is 1. The van der Waals surface area contributed by atoms with Gasteiger partial charge in [-0.3, -0.25) is 4.68 Å². The Labute approximate surface area is 91.7 Å². The van der Waals surface area contributed by atoms with Crippen molar-refractivity contribution in [3.63, 3.8) is 0 Å². The van der Waals surface area contributed by atoms with Crippen LogP contribution in [0.5, 0.6) is 0 Å². The fraction of sp³-hybridized carbons (Fsp3) is 0.375. The minimum Gasteiger partial charge on any atom is -0.335 e. The fourth-order valence-electron chi connectivity index (χ4n) is 1.39. The molecule has 0 unspecified atom stereocenters. The van der Waals surface area contributed by atoms with E-state index < -0.39 is 0 Å². The van der Waals surface area contributed by atoms with E-state index >= 15 is 0 Å². The summed E-state index contributed by atoms with van der Waals surface area (Å²) in [5.41, 5.74) is 0.847. The maximum Gasteiger partial charge on any atom is 0.214 e. The second-order valence-electron chi connectivity index (χ2n) is 3.48. The molecule has 0 spiro atoms. The molecule has 0 aromatic carbocycles. The van der Waals surface area contributed by atoms with E-state index in [4.69, 9.17) is 18.1 Å². The highest BCUT2D eigenvalue weighted by Crippen LogP contribution is 2.18. The number of H-pyrrole nitrogens is 1. The van der Waals surface area contributed by atoms with Crippen molar-refractivity contribution >= 4 is 12.2 Å². The lowest BCUT2D eigenvalue weighted by Crippen LogP contribution is -2.13. The first-order chi connectivity index (χ1) is 7.11. The van der Waals surface area contributed by atoms with Crippen LogP contribution in [0.15, 0.2) is 12.3 Å². The van der Waals surface area contributed by atoms with Crippen molar-refractivity contribution in [1.29, 1.82) is 0 Å². The van der Waals surface area contributed by atoms with Crippen molar-refractivity contribution in [1.82, 2.24) is 24.7 Å². The molecule has 0 aliphatic rings. The summed E-state index contributed by atoms with van der Waals surface area (Å²) in [6, 6.07) is 2.11. The number of nitrogen functional groups attached to an aromatic ring is 1. The van der Waals surface area contributed by atoms with Gasteiger partial charge in [-0.15, -0.1) is 0 Å². The van der Waals surface area contributed by atoms with E-state index in [1.807, 2.05) is 24.6 Å².